The second-order valence-corrected chi connectivity index (χ2v) is 5.65. The van der Waals surface area contributed by atoms with Gasteiger partial charge in [-0.3, -0.25) is 4.79 Å². The number of carbonyl (C=O) groups excluding carboxylic acids is 2. The zero-order chi connectivity index (χ0) is 16.6. The monoisotopic (exact) mass is 304 g/mol. The van der Waals surface area contributed by atoms with Crippen molar-refractivity contribution >= 4 is 12.1 Å². The van der Waals surface area contributed by atoms with Gasteiger partial charge in [-0.05, 0) is 38.5 Å². The molecule has 22 heavy (non-hydrogen) atoms. The van der Waals surface area contributed by atoms with Crippen LogP contribution in [-0.2, 0) is 20.9 Å². The highest BCUT2D eigenvalue weighted by Crippen LogP contribution is 2.07. The average Bonchev–Trinajstić information content (AvgIpc) is 2.43. The Bertz CT molecular complexity index is 553. The van der Waals surface area contributed by atoms with Crippen LogP contribution in [0.25, 0.3) is 0 Å². The fourth-order valence-corrected chi connectivity index (χ4v) is 1.49. The maximum atomic E-state index is 11.5. The minimum Gasteiger partial charge on any atom is -0.461 e. The Labute approximate surface area is 130 Å². The van der Waals surface area contributed by atoms with Crippen molar-refractivity contribution in [3.05, 3.63) is 35.4 Å². The molecular formula is C16H20N2O4. The molecule has 0 saturated carbocycles. The van der Waals surface area contributed by atoms with Crippen molar-refractivity contribution in [1.29, 1.82) is 5.26 Å². The maximum absolute atomic E-state index is 11.5. The summed E-state index contributed by atoms with van der Waals surface area (Å²) >= 11 is 0. The smallest absolute Gasteiger partial charge is 0.407 e. The van der Waals surface area contributed by atoms with Gasteiger partial charge in [0, 0.05) is 6.54 Å². The molecule has 118 valence electrons. The van der Waals surface area contributed by atoms with E-state index < -0.39 is 17.7 Å². The van der Waals surface area contributed by atoms with Crippen LogP contribution in [0.1, 0.15) is 38.3 Å². The summed E-state index contributed by atoms with van der Waals surface area (Å²) in [6.45, 7) is 5.58. The summed E-state index contributed by atoms with van der Waals surface area (Å²) in [5.74, 6) is -0.416. The molecule has 1 aromatic rings. The molecule has 1 aromatic carbocycles. The Kier molecular flexibility index (Phi) is 6.39. The van der Waals surface area contributed by atoms with E-state index in [-0.39, 0.29) is 19.6 Å². The van der Waals surface area contributed by atoms with Crippen LogP contribution in [0.4, 0.5) is 4.79 Å². The fraction of sp³-hybridized carbons (Fsp3) is 0.438. The van der Waals surface area contributed by atoms with Crippen LogP contribution in [-0.4, -0.2) is 24.2 Å². The molecule has 0 aromatic heterocycles. The molecule has 1 N–H and O–H groups in total. The van der Waals surface area contributed by atoms with Gasteiger partial charge in [0.25, 0.3) is 0 Å². The predicted molar refractivity (Wildman–Crippen MR) is 79.8 cm³/mol. The highest BCUT2D eigenvalue weighted by molar-refractivity contribution is 5.72. The number of alkyl carbamates (subject to hydrolysis) is 1. The Morgan fingerprint density at radius 1 is 1.23 bits per heavy atom. The van der Waals surface area contributed by atoms with Gasteiger partial charge in [0.1, 0.15) is 12.2 Å². The highest BCUT2D eigenvalue weighted by atomic mass is 16.6. The van der Waals surface area contributed by atoms with Crippen LogP contribution in [0.15, 0.2) is 24.3 Å². The van der Waals surface area contributed by atoms with E-state index in [1.165, 1.54) is 0 Å². The molecule has 0 bridgehead atoms. The summed E-state index contributed by atoms with van der Waals surface area (Å²) in [7, 11) is 0. The molecule has 0 atom stereocenters. The number of nitrogens with one attached hydrogen (secondary N) is 1. The molecule has 1 amide bonds. The highest BCUT2D eigenvalue weighted by Gasteiger charge is 2.16. The second-order valence-electron chi connectivity index (χ2n) is 5.65. The van der Waals surface area contributed by atoms with Gasteiger partial charge in [-0.1, -0.05) is 12.1 Å². The van der Waals surface area contributed by atoms with Crippen LogP contribution in [0, 0.1) is 11.3 Å². The Morgan fingerprint density at radius 2 is 1.86 bits per heavy atom. The van der Waals surface area contributed by atoms with Gasteiger partial charge in [0.15, 0.2) is 0 Å². The van der Waals surface area contributed by atoms with Crippen LogP contribution < -0.4 is 5.32 Å². The number of nitrogens with zero attached hydrogens (tertiary/aromatic N) is 1. The number of ether oxygens (including phenoxy) is 2. The van der Waals surface area contributed by atoms with Gasteiger partial charge in [0.2, 0.25) is 0 Å². The van der Waals surface area contributed by atoms with Gasteiger partial charge in [-0.25, -0.2) is 4.79 Å². The molecule has 1 rings (SSSR count). The number of rotatable bonds is 5. The molecular weight excluding hydrogens is 284 g/mol. The Hall–Kier alpha value is -2.55. The van der Waals surface area contributed by atoms with E-state index in [9.17, 15) is 9.59 Å². The largest absolute Gasteiger partial charge is 0.461 e. The molecule has 0 radical (unpaired) electrons. The molecule has 0 fully saturated rings. The lowest BCUT2D eigenvalue weighted by atomic mass is 10.2. The van der Waals surface area contributed by atoms with Crippen LogP contribution in [0.3, 0.4) is 0 Å². The molecule has 0 aliphatic heterocycles. The normalized spacial score (nSPS) is 10.5. The SMILES string of the molecule is CC(C)(C)OC(=O)NCCC(=O)OCc1ccc(C#N)cc1. The van der Waals surface area contributed by atoms with Gasteiger partial charge in [-0.15, -0.1) is 0 Å². The van der Waals surface area contributed by atoms with E-state index in [1.54, 1.807) is 45.0 Å². The number of hydrogen-bond donors (Lipinski definition) is 1. The number of hydrogen-bond acceptors (Lipinski definition) is 5. The number of amides is 1. The zero-order valence-electron chi connectivity index (χ0n) is 13.0. The van der Waals surface area contributed by atoms with E-state index in [1.807, 2.05) is 6.07 Å². The summed E-state index contributed by atoms with van der Waals surface area (Å²) in [6.07, 6.45) is -0.498. The van der Waals surface area contributed by atoms with Gasteiger partial charge in [0.05, 0.1) is 18.1 Å². The number of benzene rings is 1. The van der Waals surface area contributed by atoms with Crippen LogP contribution in [0.5, 0.6) is 0 Å². The molecule has 0 spiro atoms. The minimum atomic E-state index is -0.569. The number of nitriles is 1. The van der Waals surface area contributed by atoms with Crippen molar-refractivity contribution in [2.24, 2.45) is 0 Å². The molecule has 0 aliphatic rings. The lowest BCUT2D eigenvalue weighted by Crippen LogP contribution is -2.33. The Morgan fingerprint density at radius 3 is 2.41 bits per heavy atom. The lowest BCUT2D eigenvalue weighted by molar-refractivity contribution is -0.144. The standard InChI is InChI=1S/C16H20N2O4/c1-16(2,3)22-15(20)18-9-8-14(19)21-11-13-6-4-12(10-17)5-7-13/h4-7H,8-9,11H2,1-3H3,(H,18,20). The third kappa shape index (κ3) is 7.29. The average molecular weight is 304 g/mol. The first-order valence-electron chi connectivity index (χ1n) is 6.91. The van der Waals surface area contributed by atoms with E-state index in [0.717, 1.165) is 5.56 Å². The van der Waals surface area contributed by atoms with Gasteiger partial charge in [-0.2, -0.15) is 5.26 Å². The number of esters is 1. The molecule has 6 heteroatoms. The zero-order valence-corrected chi connectivity index (χ0v) is 13.0. The molecule has 0 aliphatic carbocycles. The van der Waals surface area contributed by atoms with Gasteiger partial charge < -0.3 is 14.8 Å². The molecule has 0 heterocycles. The fourth-order valence-electron chi connectivity index (χ4n) is 1.49. The second kappa shape index (κ2) is 8.03. The first kappa shape index (κ1) is 17.5. The summed E-state index contributed by atoms with van der Waals surface area (Å²) in [5.41, 5.74) is 0.782. The maximum Gasteiger partial charge on any atom is 0.407 e. The predicted octanol–water partition coefficient (Wildman–Crippen LogP) is 2.52. The Balaban J connectivity index is 2.23. The summed E-state index contributed by atoms with van der Waals surface area (Å²) < 4.78 is 10.1. The first-order valence-corrected chi connectivity index (χ1v) is 6.91. The number of carbonyl (C=O) groups is 2. The quantitative estimate of drug-likeness (QED) is 0.844. The van der Waals surface area contributed by atoms with Crippen LogP contribution in [0.2, 0.25) is 0 Å². The molecule has 6 nitrogen and oxygen atoms in total. The molecule has 0 saturated heterocycles. The van der Waals surface area contributed by atoms with Crippen molar-refractivity contribution in [1.82, 2.24) is 5.32 Å². The van der Waals surface area contributed by atoms with Crippen LogP contribution >= 0.6 is 0 Å². The van der Waals surface area contributed by atoms with E-state index in [2.05, 4.69) is 5.32 Å². The van der Waals surface area contributed by atoms with Gasteiger partial charge >= 0.3 is 12.1 Å². The van der Waals surface area contributed by atoms with Crippen molar-refractivity contribution in [2.45, 2.75) is 39.4 Å². The van der Waals surface area contributed by atoms with E-state index in [0.29, 0.717) is 5.56 Å². The summed E-state index contributed by atoms with van der Waals surface area (Å²) in [6, 6.07) is 8.79. The van der Waals surface area contributed by atoms with E-state index in [4.69, 9.17) is 14.7 Å². The third-order valence-corrected chi connectivity index (χ3v) is 2.48. The van der Waals surface area contributed by atoms with Crippen molar-refractivity contribution in [3.8, 4) is 6.07 Å². The van der Waals surface area contributed by atoms with Crippen molar-refractivity contribution in [2.75, 3.05) is 6.54 Å². The summed E-state index contributed by atoms with van der Waals surface area (Å²) in [5, 5.41) is 11.2. The molecule has 0 unspecified atom stereocenters. The van der Waals surface area contributed by atoms with E-state index >= 15 is 0 Å². The minimum absolute atomic E-state index is 0.0650. The van der Waals surface area contributed by atoms with Crippen molar-refractivity contribution in [3.63, 3.8) is 0 Å². The van der Waals surface area contributed by atoms with Crippen molar-refractivity contribution < 1.29 is 19.1 Å². The third-order valence-electron chi connectivity index (χ3n) is 2.48. The first-order chi connectivity index (χ1) is 10.3. The topological polar surface area (TPSA) is 88.4 Å². The summed E-state index contributed by atoms with van der Waals surface area (Å²) in [4.78, 5) is 22.9. The lowest BCUT2D eigenvalue weighted by Gasteiger charge is -2.19.